The van der Waals surface area contributed by atoms with Crippen LogP contribution < -0.4 is 11.1 Å². The number of hydrogen-bond acceptors (Lipinski definition) is 4. The first-order chi connectivity index (χ1) is 13.2. The first-order valence-corrected chi connectivity index (χ1v) is 10.9. The van der Waals surface area contributed by atoms with E-state index in [0.717, 1.165) is 18.9 Å². The summed E-state index contributed by atoms with van der Waals surface area (Å²) in [6, 6.07) is 0.517. The smallest absolute Gasteiger partial charge is 0.216 e. The molecule has 3 N–H and O–H groups in total. The van der Waals surface area contributed by atoms with E-state index in [9.17, 15) is 26.4 Å². The van der Waals surface area contributed by atoms with Crippen molar-refractivity contribution in [2.45, 2.75) is 50.2 Å². The number of piperidine rings is 1. The number of nitrogens with one attached hydrogen (secondary N) is 1. The Balaban J connectivity index is 1.66. The molecule has 3 atom stereocenters. The number of rotatable bonds is 8. The lowest BCUT2D eigenvalue weighted by Crippen LogP contribution is -2.51. The fraction of sp³-hybridized carbons (Fsp3) is 0.611. The summed E-state index contributed by atoms with van der Waals surface area (Å²) < 4.78 is 67.2. The van der Waals surface area contributed by atoms with Crippen molar-refractivity contribution in [3.05, 3.63) is 35.1 Å². The molecule has 1 aromatic carbocycles. The van der Waals surface area contributed by atoms with Crippen LogP contribution in [0.25, 0.3) is 0 Å². The summed E-state index contributed by atoms with van der Waals surface area (Å²) in [6.07, 6.45) is 3.07. The van der Waals surface area contributed by atoms with E-state index in [1.807, 2.05) is 0 Å². The molecule has 0 saturated carbocycles. The van der Waals surface area contributed by atoms with Gasteiger partial charge in [0, 0.05) is 30.7 Å². The third kappa shape index (κ3) is 4.33. The van der Waals surface area contributed by atoms with Crippen molar-refractivity contribution in [1.82, 2.24) is 9.62 Å². The summed E-state index contributed by atoms with van der Waals surface area (Å²) in [4.78, 5) is 10.3. The molecule has 6 nitrogen and oxygen atoms in total. The Morgan fingerprint density at radius 3 is 2.36 bits per heavy atom. The van der Waals surface area contributed by atoms with Gasteiger partial charge in [-0.15, -0.1) is 0 Å². The van der Waals surface area contributed by atoms with Crippen LogP contribution in [0.15, 0.2) is 12.1 Å². The molecular weight excluding hydrogens is 395 g/mol. The van der Waals surface area contributed by atoms with Gasteiger partial charge in [-0.3, -0.25) is 4.79 Å². The molecule has 2 saturated heterocycles. The Kier molecular flexibility index (Phi) is 6.31. The molecule has 2 heterocycles. The predicted octanol–water partition coefficient (Wildman–Crippen LogP) is 1.29. The molecule has 2 unspecified atom stereocenters. The summed E-state index contributed by atoms with van der Waals surface area (Å²) in [5.41, 5.74) is 6.26. The molecular formula is C18H24F3N3O3S. The zero-order valence-corrected chi connectivity index (χ0v) is 16.1. The second kappa shape index (κ2) is 8.38. The van der Waals surface area contributed by atoms with Crippen molar-refractivity contribution in [2.24, 2.45) is 11.7 Å². The highest BCUT2D eigenvalue weighted by molar-refractivity contribution is 7.89. The molecule has 0 aliphatic carbocycles. The highest BCUT2D eigenvalue weighted by Crippen LogP contribution is 2.41. The summed E-state index contributed by atoms with van der Waals surface area (Å²) in [6.45, 7) is 0.0557. The standard InChI is InChI=1S/C18H24F3N3O3S/c19-15-9-17(21)16(20)7-11(15)8-18(22)12-5-13-1-2-14(6-12)24(13)28(26,27)4-3-23-10-25/h7,9-10,12-14,18H,1-6,8,22H2,(H,23,25)/t12?,13?,14?,18-/m1/s1. The van der Waals surface area contributed by atoms with Gasteiger partial charge in [-0.05, 0) is 49.7 Å². The molecule has 2 bridgehead atoms. The van der Waals surface area contributed by atoms with Gasteiger partial charge in [-0.25, -0.2) is 21.6 Å². The van der Waals surface area contributed by atoms with Gasteiger partial charge < -0.3 is 11.1 Å². The third-order valence-electron chi connectivity index (χ3n) is 5.76. The summed E-state index contributed by atoms with van der Waals surface area (Å²) in [5, 5.41) is 2.36. The van der Waals surface area contributed by atoms with Crippen LogP contribution in [-0.4, -0.2) is 49.6 Å². The Labute approximate surface area is 162 Å². The molecule has 156 valence electrons. The van der Waals surface area contributed by atoms with Gasteiger partial charge in [-0.2, -0.15) is 4.31 Å². The van der Waals surface area contributed by atoms with Gasteiger partial charge in [-0.1, -0.05) is 0 Å². The van der Waals surface area contributed by atoms with Crippen LogP contribution in [0.4, 0.5) is 13.2 Å². The van der Waals surface area contributed by atoms with Crippen LogP contribution in [0, 0.1) is 23.4 Å². The van der Waals surface area contributed by atoms with Crippen molar-refractivity contribution in [3.8, 4) is 0 Å². The zero-order valence-electron chi connectivity index (χ0n) is 15.3. The summed E-state index contributed by atoms with van der Waals surface area (Å²) >= 11 is 0. The van der Waals surface area contributed by atoms with Gasteiger partial charge in [0.1, 0.15) is 5.82 Å². The third-order valence-corrected chi connectivity index (χ3v) is 7.72. The molecule has 2 fully saturated rings. The van der Waals surface area contributed by atoms with Gasteiger partial charge >= 0.3 is 0 Å². The summed E-state index contributed by atoms with van der Waals surface area (Å²) in [7, 11) is -3.50. The normalized spacial score (nSPS) is 26.2. The first kappa shape index (κ1) is 21.1. The monoisotopic (exact) mass is 419 g/mol. The van der Waals surface area contributed by atoms with Crippen molar-refractivity contribution in [1.29, 1.82) is 0 Å². The molecule has 2 aliphatic heterocycles. The van der Waals surface area contributed by atoms with E-state index in [-0.39, 0.29) is 42.3 Å². The Morgan fingerprint density at radius 2 is 1.75 bits per heavy atom. The van der Waals surface area contributed by atoms with Crippen LogP contribution in [0.5, 0.6) is 0 Å². The van der Waals surface area contributed by atoms with Crippen LogP contribution in [0.1, 0.15) is 31.2 Å². The minimum absolute atomic E-state index is 0.0220. The highest BCUT2D eigenvalue weighted by atomic mass is 32.2. The Hall–Kier alpha value is -1.65. The number of nitrogens with zero attached hydrogens (tertiary/aromatic N) is 1. The molecule has 0 aromatic heterocycles. The average Bonchev–Trinajstić information content (AvgIpc) is 2.91. The van der Waals surface area contributed by atoms with Crippen molar-refractivity contribution < 1.29 is 26.4 Å². The molecule has 0 radical (unpaired) electrons. The molecule has 1 amide bonds. The van der Waals surface area contributed by atoms with Crippen LogP contribution in [-0.2, 0) is 21.2 Å². The number of fused-ring (bicyclic) bond motifs is 2. The number of benzene rings is 1. The number of halogens is 3. The second-order valence-corrected chi connectivity index (χ2v) is 9.55. The predicted molar refractivity (Wildman–Crippen MR) is 97.2 cm³/mol. The first-order valence-electron chi connectivity index (χ1n) is 9.30. The molecule has 2 aliphatic rings. The maximum absolute atomic E-state index is 13.9. The minimum atomic E-state index is -3.50. The number of carbonyl (C=O) groups excluding carboxylic acids is 1. The van der Waals surface area contributed by atoms with Gasteiger partial charge in [0.05, 0.1) is 5.75 Å². The Bertz CT molecular complexity index is 823. The van der Waals surface area contributed by atoms with Crippen molar-refractivity contribution >= 4 is 16.4 Å². The van der Waals surface area contributed by atoms with E-state index in [2.05, 4.69) is 5.32 Å². The maximum Gasteiger partial charge on any atom is 0.216 e. The van der Waals surface area contributed by atoms with Crippen LogP contribution in [0.3, 0.4) is 0 Å². The fourth-order valence-corrected chi connectivity index (χ4v) is 6.35. The lowest BCUT2D eigenvalue weighted by molar-refractivity contribution is -0.109. The van der Waals surface area contributed by atoms with E-state index in [4.69, 9.17) is 5.73 Å². The number of amides is 1. The number of nitrogens with two attached hydrogens (primary N) is 1. The van der Waals surface area contributed by atoms with Crippen molar-refractivity contribution in [3.63, 3.8) is 0 Å². The van der Waals surface area contributed by atoms with E-state index >= 15 is 0 Å². The highest BCUT2D eigenvalue weighted by Gasteiger charge is 2.47. The largest absolute Gasteiger partial charge is 0.358 e. The quantitative estimate of drug-likeness (QED) is 0.377. The number of sulfonamides is 1. The van der Waals surface area contributed by atoms with Crippen LogP contribution >= 0.6 is 0 Å². The lowest BCUT2D eigenvalue weighted by Gasteiger charge is -2.40. The average molecular weight is 419 g/mol. The minimum Gasteiger partial charge on any atom is -0.358 e. The Morgan fingerprint density at radius 1 is 1.14 bits per heavy atom. The van der Waals surface area contributed by atoms with Crippen LogP contribution in [0.2, 0.25) is 0 Å². The maximum atomic E-state index is 13.9. The SMILES string of the molecule is N[C@H](Cc1cc(F)c(F)cc1F)C1CC2CCC(C1)N2S(=O)(=O)CCNC=O. The van der Waals surface area contributed by atoms with E-state index in [1.54, 1.807) is 4.31 Å². The lowest BCUT2D eigenvalue weighted by atomic mass is 9.83. The summed E-state index contributed by atoms with van der Waals surface area (Å²) in [5.74, 6) is -3.39. The van der Waals surface area contributed by atoms with Gasteiger partial charge in [0.15, 0.2) is 11.6 Å². The number of carbonyl (C=O) groups is 1. The number of hydrogen-bond donors (Lipinski definition) is 2. The van der Waals surface area contributed by atoms with Gasteiger partial charge in [0.2, 0.25) is 16.4 Å². The van der Waals surface area contributed by atoms with E-state index in [1.165, 1.54) is 0 Å². The molecule has 28 heavy (non-hydrogen) atoms. The van der Waals surface area contributed by atoms with Gasteiger partial charge in [0.25, 0.3) is 0 Å². The molecule has 0 spiro atoms. The zero-order chi connectivity index (χ0) is 20.5. The molecule has 1 aromatic rings. The van der Waals surface area contributed by atoms with E-state index in [0.29, 0.717) is 25.3 Å². The van der Waals surface area contributed by atoms with Crippen molar-refractivity contribution in [2.75, 3.05) is 12.3 Å². The topological polar surface area (TPSA) is 92.5 Å². The van der Waals surface area contributed by atoms with E-state index < -0.39 is 33.5 Å². The fourth-order valence-electron chi connectivity index (χ4n) is 4.47. The molecule has 10 heteroatoms. The molecule has 3 rings (SSSR count). The second-order valence-electron chi connectivity index (χ2n) is 7.56.